The summed E-state index contributed by atoms with van der Waals surface area (Å²) in [6.07, 6.45) is 3.23. The third kappa shape index (κ3) is 5.65. The Kier molecular flexibility index (Phi) is 6.98. The summed E-state index contributed by atoms with van der Waals surface area (Å²) in [5, 5.41) is 0. The molecule has 0 N–H and O–H groups in total. The van der Waals surface area contributed by atoms with Gasteiger partial charge in [-0.05, 0) is 73.7 Å². The van der Waals surface area contributed by atoms with Crippen LogP contribution in [0.1, 0.15) is 33.2 Å². The summed E-state index contributed by atoms with van der Waals surface area (Å²) in [6, 6.07) is 20.9. The number of ether oxygens (including phenoxy) is 2. The fourth-order valence-electron chi connectivity index (χ4n) is 2.61. The minimum absolute atomic E-state index is 0.151. The lowest BCUT2D eigenvalue weighted by atomic mass is 10.1. The van der Waals surface area contributed by atoms with E-state index in [1.165, 1.54) is 6.08 Å². The number of benzene rings is 3. The number of esters is 1. The Morgan fingerprint density at radius 1 is 0.897 bits per heavy atom. The van der Waals surface area contributed by atoms with Crippen LogP contribution in [-0.4, -0.2) is 18.4 Å². The molecule has 0 amide bonds. The molecule has 0 unspecified atom stereocenters. The summed E-state index contributed by atoms with van der Waals surface area (Å²) in [4.78, 5) is 24.6. The van der Waals surface area contributed by atoms with Crippen LogP contribution in [0.15, 0.2) is 83.3 Å². The van der Waals surface area contributed by atoms with Gasteiger partial charge < -0.3 is 9.47 Å². The Bertz CT molecular complexity index is 1020. The first-order chi connectivity index (χ1) is 14.1. The van der Waals surface area contributed by atoms with E-state index in [9.17, 15) is 9.59 Å². The van der Waals surface area contributed by atoms with E-state index in [1.54, 1.807) is 54.6 Å². The van der Waals surface area contributed by atoms with Gasteiger partial charge in [0.05, 0.1) is 12.2 Å². The Labute approximate surface area is 177 Å². The average Bonchev–Trinajstić information content (AvgIpc) is 2.74. The Balaban J connectivity index is 1.66. The predicted octanol–water partition coefficient (Wildman–Crippen LogP) is 5.96. The lowest BCUT2D eigenvalue weighted by Crippen LogP contribution is -2.08. The SMILES string of the molecule is CCOc1ccccc1C=CC(=O)c1ccc(OC(=O)c2ccc(Br)cc2)cc1. The standard InChI is InChI=1S/C24H19BrO4/c1-2-28-23-6-4-3-5-18(23)11-16-22(26)17-9-14-21(15-10-17)29-24(27)19-7-12-20(25)13-8-19/h3-16H,2H2,1H3. The molecule has 0 aliphatic heterocycles. The van der Waals surface area contributed by atoms with Crippen molar-refractivity contribution in [2.45, 2.75) is 6.92 Å². The topological polar surface area (TPSA) is 52.6 Å². The van der Waals surface area contributed by atoms with Gasteiger partial charge in [-0.2, -0.15) is 0 Å². The highest BCUT2D eigenvalue weighted by Gasteiger charge is 2.09. The molecule has 146 valence electrons. The molecule has 0 saturated carbocycles. The third-order valence-electron chi connectivity index (χ3n) is 4.06. The summed E-state index contributed by atoms with van der Waals surface area (Å²) in [6.45, 7) is 2.47. The molecule has 0 atom stereocenters. The maximum absolute atomic E-state index is 12.4. The number of hydrogen-bond donors (Lipinski definition) is 0. The summed E-state index contributed by atoms with van der Waals surface area (Å²) in [7, 11) is 0. The highest BCUT2D eigenvalue weighted by atomic mass is 79.9. The van der Waals surface area contributed by atoms with Crippen LogP contribution in [0.25, 0.3) is 6.08 Å². The second kappa shape index (κ2) is 9.85. The molecule has 0 bridgehead atoms. The highest BCUT2D eigenvalue weighted by molar-refractivity contribution is 9.10. The van der Waals surface area contributed by atoms with E-state index in [0.717, 1.165) is 15.8 Å². The van der Waals surface area contributed by atoms with Gasteiger partial charge in [0.2, 0.25) is 0 Å². The molecule has 3 aromatic rings. The van der Waals surface area contributed by atoms with Gasteiger partial charge in [-0.3, -0.25) is 4.79 Å². The van der Waals surface area contributed by atoms with E-state index in [2.05, 4.69) is 15.9 Å². The second-order valence-corrected chi connectivity index (χ2v) is 7.00. The second-order valence-electron chi connectivity index (χ2n) is 6.09. The van der Waals surface area contributed by atoms with E-state index in [4.69, 9.17) is 9.47 Å². The third-order valence-corrected chi connectivity index (χ3v) is 4.59. The van der Waals surface area contributed by atoms with Crippen molar-refractivity contribution in [3.63, 3.8) is 0 Å². The number of halogens is 1. The van der Waals surface area contributed by atoms with Gasteiger partial charge >= 0.3 is 5.97 Å². The van der Waals surface area contributed by atoms with Gasteiger partial charge in [-0.25, -0.2) is 4.79 Å². The van der Waals surface area contributed by atoms with Crippen molar-refractivity contribution in [2.75, 3.05) is 6.61 Å². The van der Waals surface area contributed by atoms with Gasteiger partial charge in [0, 0.05) is 15.6 Å². The minimum atomic E-state index is -0.455. The molecule has 4 nitrogen and oxygen atoms in total. The van der Waals surface area contributed by atoms with E-state index >= 15 is 0 Å². The number of allylic oxidation sites excluding steroid dienone is 1. The number of rotatable bonds is 7. The molecule has 0 aliphatic carbocycles. The monoisotopic (exact) mass is 450 g/mol. The molecular weight excluding hydrogens is 432 g/mol. The lowest BCUT2D eigenvalue weighted by Gasteiger charge is -2.06. The molecule has 0 aromatic heterocycles. The van der Waals surface area contributed by atoms with Crippen LogP contribution in [0.5, 0.6) is 11.5 Å². The van der Waals surface area contributed by atoms with Crippen molar-refractivity contribution in [3.8, 4) is 11.5 Å². The molecule has 29 heavy (non-hydrogen) atoms. The summed E-state index contributed by atoms with van der Waals surface area (Å²) < 4.78 is 11.8. The lowest BCUT2D eigenvalue weighted by molar-refractivity contribution is 0.0734. The summed E-state index contributed by atoms with van der Waals surface area (Å²) in [5.74, 6) is 0.500. The molecule has 3 rings (SSSR count). The molecule has 5 heteroatoms. The number of para-hydroxylation sites is 1. The van der Waals surface area contributed by atoms with Crippen LogP contribution in [0.3, 0.4) is 0 Å². The average molecular weight is 451 g/mol. The van der Waals surface area contributed by atoms with Gasteiger partial charge in [0.15, 0.2) is 5.78 Å². The molecule has 3 aromatic carbocycles. The number of hydrogen-bond acceptors (Lipinski definition) is 4. The van der Waals surface area contributed by atoms with Gasteiger partial charge in [-0.15, -0.1) is 0 Å². The normalized spacial score (nSPS) is 10.7. The van der Waals surface area contributed by atoms with Crippen molar-refractivity contribution in [1.29, 1.82) is 0 Å². The predicted molar refractivity (Wildman–Crippen MR) is 117 cm³/mol. The first-order valence-corrected chi connectivity index (χ1v) is 9.88. The molecule has 0 fully saturated rings. The molecule has 0 radical (unpaired) electrons. The molecule has 0 spiro atoms. The van der Waals surface area contributed by atoms with Crippen LogP contribution in [0.4, 0.5) is 0 Å². The Morgan fingerprint density at radius 2 is 1.55 bits per heavy atom. The first kappa shape index (κ1) is 20.6. The van der Waals surface area contributed by atoms with Gasteiger partial charge in [0.1, 0.15) is 11.5 Å². The summed E-state index contributed by atoms with van der Waals surface area (Å²) >= 11 is 3.33. The Hall–Kier alpha value is -3.18. The van der Waals surface area contributed by atoms with Crippen molar-refractivity contribution in [2.24, 2.45) is 0 Å². The highest BCUT2D eigenvalue weighted by Crippen LogP contribution is 2.20. The van der Waals surface area contributed by atoms with Crippen LogP contribution < -0.4 is 9.47 Å². The van der Waals surface area contributed by atoms with E-state index in [1.807, 2.05) is 31.2 Å². The van der Waals surface area contributed by atoms with Crippen LogP contribution in [0, 0.1) is 0 Å². The first-order valence-electron chi connectivity index (χ1n) is 9.09. The van der Waals surface area contributed by atoms with Crippen molar-refractivity contribution >= 4 is 33.8 Å². The van der Waals surface area contributed by atoms with Crippen molar-refractivity contribution in [3.05, 3.63) is 100 Å². The van der Waals surface area contributed by atoms with Crippen LogP contribution in [0.2, 0.25) is 0 Å². The molecular formula is C24H19BrO4. The van der Waals surface area contributed by atoms with E-state index in [0.29, 0.717) is 23.5 Å². The molecule has 0 saturated heterocycles. The summed E-state index contributed by atoms with van der Waals surface area (Å²) in [5.41, 5.74) is 1.78. The molecule has 0 aliphatic rings. The zero-order chi connectivity index (χ0) is 20.6. The smallest absolute Gasteiger partial charge is 0.343 e. The Morgan fingerprint density at radius 3 is 2.24 bits per heavy atom. The van der Waals surface area contributed by atoms with Crippen LogP contribution in [-0.2, 0) is 0 Å². The largest absolute Gasteiger partial charge is 0.493 e. The van der Waals surface area contributed by atoms with Crippen LogP contribution >= 0.6 is 15.9 Å². The number of carbonyl (C=O) groups excluding carboxylic acids is 2. The zero-order valence-corrected chi connectivity index (χ0v) is 17.4. The van der Waals surface area contributed by atoms with Crippen molar-refractivity contribution < 1.29 is 19.1 Å². The van der Waals surface area contributed by atoms with Crippen molar-refractivity contribution in [1.82, 2.24) is 0 Å². The van der Waals surface area contributed by atoms with E-state index < -0.39 is 5.97 Å². The minimum Gasteiger partial charge on any atom is -0.493 e. The van der Waals surface area contributed by atoms with Gasteiger partial charge in [-0.1, -0.05) is 34.1 Å². The van der Waals surface area contributed by atoms with Gasteiger partial charge in [0.25, 0.3) is 0 Å². The maximum Gasteiger partial charge on any atom is 0.343 e. The zero-order valence-electron chi connectivity index (χ0n) is 15.8. The number of ketones is 1. The quantitative estimate of drug-likeness (QED) is 0.192. The number of carbonyl (C=O) groups is 2. The fourth-order valence-corrected chi connectivity index (χ4v) is 2.87. The molecule has 0 heterocycles. The van der Waals surface area contributed by atoms with E-state index in [-0.39, 0.29) is 5.78 Å². The maximum atomic E-state index is 12.4. The fraction of sp³-hybridized carbons (Fsp3) is 0.0833.